The van der Waals surface area contributed by atoms with Crippen LogP contribution >= 0.6 is 0 Å². The van der Waals surface area contributed by atoms with E-state index in [0.717, 1.165) is 27.5 Å². The number of hydrogen-bond acceptors (Lipinski definition) is 5. The Balaban J connectivity index is 1.70. The molecule has 0 aliphatic carbocycles. The standard InChI is InChI=1S/C38H46N4O4/c1-26(39)30-16-11-17-32(23-30)36(45)42(5)34(22-28-18-19-29-14-9-10-15-31(29)20-28)37(46)41(4)33(21-27-12-7-6-8-13-27)35(44)40-24-38(2,3)25-43/h6-20,23,26,33-34,43H,21-22,24-25,39H2,1-5H3,(H,40,44)/t26?,33-,34-/m1/s1. The molecular formula is C38H46N4O4. The summed E-state index contributed by atoms with van der Waals surface area (Å²) in [5, 5.41) is 14.8. The van der Waals surface area contributed by atoms with Crippen molar-refractivity contribution in [2.45, 2.75) is 51.7 Å². The molecule has 3 amide bonds. The number of rotatable bonds is 13. The molecule has 0 aliphatic heterocycles. The summed E-state index contributed by atoms with van der Waals surface area (Å²) in [6.45, 7) is 5.71. The molecule has 0 saturated carbocycles. The average Bonchev–Trinajstić information content (AvgIpc) is 3.07. The molecule has 46 heavy (non-hydrogen) atoms. The Morgan fingerprint density at radius 2 is 1.43 bits per heavy atom. The van der Waals surface area contributed by atoms with E-state index in [0.29, 0.717) is 5.56 Å². The van der Waals surface area contributed by atoms with Gasteiger partial charge in [0.1, 0.15) is 12.1 Å². The summed E-state index contributed by atoms with van der Waals surface area (Å²) in [6, 6.07) is 28.7. The number of hydrogen-bond donors (Lipinski definition) is 3. The van der Waals surface area contributed by atoms with E-state index >= 15 is 0 Å². The van der Waals surface area contributed by atoms with Crippen molar-refractivity contribution in [2.24, 2.45) is 11.1 Å². The van der Waals surface area contributed by atoms with Crippen LogP contribution in [0, 0.1) is 5.41 Å². The van der Waals surface area contributed by atoms with E-state index in [-0.39, 0.29) is 49.8 Å². The van der Waals surface area contributed by atoms with E-state index in [4.69, 9.17) is 5.73 Å². The molecule has 0 spiro atoms. The maximum Gasteiger partial charge on any atom is 0.254 e. The average molecular weight is 623 g/mol. The van der Waals surface area contributed by atoms with Crippen LogP contribution in [0.25, 0.3) is 10.8 Å². The summed E-state index contributed by atoms with van der Waals surface area (Å²) in [4.78, 5) is 45.2. The van der Waals surface area contributed by atoms with Crippen molar-refractivity contribution >= 4 is 28.5 Å². The van der Waals surface area contributed by atoms with Crippen LogP contribution in [-0.2, 0) is 22.4 Å². The molecule has 0 saturated heterocycles. The maximum atomic E-state index is 14.5. The minimum atomic E-state index is -0.905. The van der Waals surface area contributed by atoms with E-state index in [1.807, 2.05) is 99.6 Å². The fraction of sp³-hybridized carbons (Fsp3) is 0.342. The highest BCUT2D eigenvalue weighted by Crippen LogP contribution is 2.22. The van der Waals surface area contributed by atoms with Crippen LogP contribution in [0.15, 0.2) is 97.1 Å². The largest absolute Gasteiger partial charge is 0.396 e. The normalized spacial score (nSPS) is 13.5. The molecule has 8 heteroatoms. The molecule has 4 aromatic rings. The summed E-state index contributed by atoms with van der Waals surface area (Å²) in [5.41, 5.74) is 8.61. The molecule has 3 atom stereocenters. The number of nitrogens with two attached hydrogens (primary N) is 1. The highest BCUT2D eigenvalue weighted by atomic mass is 16.3. The molecule has 4 N–H and O–H groups in total. The van der Waals surface area contributed by atoms with Gasteiger partial charge in [0.15, 0.2) is 0 Å². The summed E-state index contributed by atoms with van der Waals surface area (Å²) < 4.78 is 0. The van der Waals surface area contributed by atoms with Crippen molar-refractivity contribution in [3.63, 3.8) is 0 Å². The molecule has 8 nitrogen and oxygen atoms in total. The van der Waals surface area contributed by atoms with Gasteiger partial charge < -0.3 is 26.0 Å². The van der Waals surface area contributed by atoms with Gasteiger partial charge >= 0.3 is 0 Å². The minimum absolute atomic E-state index is 0.101. The predicted molar refractivity (Wildman–Crippen MR) is 183 cm³/mol. The molecule has 4 aromatic carbocycles. The fourth-order valence-corrected chi connectivity index (χ4v) is 5.41. The van der Waals surface area contributed by atoms with E-state index in [9.17, 15) is 19.5 Å². The number of carbonyl (C=O) groups excluding carboxylic acids is 3. The van der Waals surface area contributed by atoms with Crippen molar-refractivity contribution in [1.29, 1.82) is 0 Å². The number of aliphatic hydroxyl groups is 1. The number of amides is 3. The van der Waals surface area contributed by atoms with Crippen molar-refractivity contribution in [3.8, 4) is 0 Å². The van der Waals surface area contributed by atoms with Gasteiger partial charge in [-0.2, -0.15) is 0 Å². The minimum Gasteiger partial charge on any atom is -0.396 e. The third-order valence-corrected chi connectivity index (χ3v) is 8.53. The van der Waals surface area contributed by atoms with E-state index in [1.165, 1.54) is 9.80 Å². The zero-order valence-electron chi connectivity index (χ0n) is 27.4. The zero-order chi connectivity index (χ0) is 33.4. The maximum absolute atomic E-state index is 14.5. The van der Waals surface area contributed by atoms with Gasteiger partial charge in [-0.15, -0.1) is 0 Å². The van der Waals surface area contributed by atoms with E-state index in [1.54, 1.807) is 32.3 Å². The van der Waals surface area contributed by atoms with Gasteiger partial charge in [0.2, 0.25) is 11.8 Å². The number of benzene rings is 4. The Bertz CT molecular complexity index is 1650. The van der Waals surface area contributed by atoms with Crippen LogP contribution in [0.5, 0.6) is 0 Å². The molecule has 0 aromatic heterocycles. The van der Waals surface area contributed by atoms with Crippen LogP contribution in [0.1, 0.15) is 53.9 Å². The number of likely N-dealkylation sites (N-methyl/N-ethyl adjacent to an activating group) is 2. The lowest BCUT2D eigenvalue weighted by atomic mass is 9.94. The van der Waals surface area contributed by atoms with Crippen LogP contribution in [0.4, 0.5) is 0 Å². The summed E-state index contributed by atoms with van der Waals surface area (Å²) >= 11 is 0. The summed E-state index contributed by atoms with van der Waals surface area (Å²) in [7, 11) is 3.25. The molecule has 0 bridgehead atoms. The summed E-state index contributed by atoms with van der Waals surface area (Å²) in [5.74, 6) is -1.00. The molecular weight excluding hydrogens is 576 g/mol. The second-order valence-electron chi connectivity index (χ2n) is 12.9. The zero-order valence-corrected chi connectivity index (χ0v) is 27.4. The first kappa shape index (κ1) is 34.3. The quantitative estimate of drug-likeness (QED) is 0.199. The fourth-order valence-electron chi connectivity index (χ4n) is 5.41. The first-order valence-corrected chi connectivity index (χ1v) is 15.7. The molecule has 0 aliphatic rings. The first-order chi connectivity index (χ1) is 21.9. The molecule has 0 fully saturated rings. The second-order valence-corrected chi connectivity index (χ2v) is 12.9. The Labute approximate surface area is 272 Å². The lowest BCUT2D eigenvalue weighted by Crippen LogP contribution is -2.56. The Kier molecular flexibility index (Phi) is 11.3. The number of nitrogens with one attached hydrogen (secondary N) is 1. The van der Waals surface area contributed by atoms with Crippen LogP contribution in [0.3, 0.4) is 0 Å². The second kappa shape index (κ2) is 15.2. The number of carbonyl (C=O) groups is 3. The number of fused-ring (bicyclic) bond motifs is 1. The molecule has 1 unspecified atom stereocenters. The van der Waals surface area contributed by atoms with Gasteiger partial charge in [-0.3, -0.25) is 14.4 Å². The van der Waals surface area contributed by atoms with Gasteiger partial charge in [-0.05, 0) is 46.5 Å². The van der Waals surface area contributed by atoms with Crippen molar-refractivity contribution < 1.29 is 19.5 Å². The van der Waals surface area contributed by atoms with Crippen molar-refractivity contribution in [2.75, 3.05) is 27.2 Å². The highest BCUT2D eigenvalue weighted by molar-refractivity contribution is 5.98. The Morgan fingerprint density at radius 3 is 2.11 bits per heavy atom. The molecule has 4 rings (SSSR count). The summed E-state index contributed by atoms with van der Waals surface area (Å²) in [6.07, 6.45) is 0.533. The third-order valence-electron chi connectivity index (χ3n) is 8.53. The van der Waals surface area contributed by atoms with Crippen LogP contribution in [-0.4, -0.2) is 72.0 Å². The van der Waals surface area contributed by atoms with Gasteiger partial charge in [-0.1, -0.05) is 98.8 Å². The molecule has 0 radical (unpaired) electrons. The lowest BCUT2D eigenvalue weighted by molar-refractivity contribution is -0.142. The van der Waals surface area contributed by atoms with Gasteiger partial charge in [-0.25, -0.2) is 0 Å². The number of nitrogens with zero attached hydrogens (tertiary/aromatic N) is 2. The van der Waals surface area contributed by atoms with Crippen LogP contribution in [0.2, 0.25) is 0 Å². The van der Waals surface area contributed by atoms with Gasteiger partial charge in [0.05, 0.1) is 0 Å². The van der Waals surface area contributed by atoms with Crippen LogP contribution < -0.4 is 11.1 Å². The molecule has 0 heterocycles. The van der Waals surface area contributed by atoms with Crippen molar-refractivity contribution in [3.05, 3.63) is 119 Å². The van der Waals surface area contributed by atoms with Gasteiger partial charge in [0, 0.05) is 57.1 Å². The third kappa shape index (κ3) is 8.59. The smallest absolute Gasteiger partial charge is 0.254 e. The SMILES string of the molecule is CC(N)c1cccc(C(=O)N(C)[C@H](Cc2ccc3ccccc3c2)C(=O)N(C)[C@H](Cc2ccccc2)C(=O)NCC(C)(C)CO)c1. The highest BCUT2D eigenvalue weighted by Gasteiger charge is 2.36. The Hall–Kier alpha value is -4.53. The topological polar surface area (TPSA) is 116 Å². The predicted octanol–water partition coefficient (Wildman–Crippen LogP) is 4.75. The Morgan fingerprint density at radius 1 is 0.783 bits per heavy atom. The first-order valence-electron chi connectivity index (χ1n) is 15.7. The number of aliphatic hydroxyl groups excluding tert-OH is 1. The van der Waals surface area contributed by atoms with Gasteiger partial charge in [0.25, 0.3) is 5.91 Å². The van der Waals surface area contributed by atoms with E-state index < -0.39 is 17.5 Å². The van der Waals surface area contributed by atoms with E-state index in [2.05, 4.69) is 5.32 Å². The lowest BCUT2D eigenvalue weighted by Gasteiger charge is -2.35. The van der Waals surface area contributed by atoms with Crippen molar-refractivity contribution in [1.82, 2.24) is 15.1 Å². The molecule has 242 valence electrons. The monoisotopic (exact) mass is 622 g/mol.